The zero-order valence-corrected chi connectivity index (χ0v) is 19.3. The summed E-state index contributed by atoms with van der Waals surface area (Å²) < 4.78 is 36.5. The summed E-state index contributed by atoms with van der Waals surface area (Å²) in [5.74, 6) is 0.692. The van der Waals surface area contributed by atoms with Gasteiger partial charge < -0.3 is 19.1 Å². The van der Waals surface area contributed by atoms with E-state index in [0.717, 1.165) is 24.0 Å². The number of amides is 1. The van der Waals surface area contributed by atoms with Gasteiger partial charge in [-0.15, -0.1) is 10.6 Å². The molecule has 9 nitrogen and oxygen atoms in total. The fourth-order valence-corrected chi connectivity index (χ4v) is 4.76. The van der Waals surface area contributed by atoms with Crippen molar-refractivity contribution in [1.29, 1.82) is 0 Å². The lowest BCUT2D eigenvalue weighted by Crippen LogP contribution is -2.42. The van der Waals surface area contributed by atoms with E-state index in [1.54, 1.807) is 35.5 Å². The van der Waals surface area contributed by atoms with Gasteiger partial charge in [0.05, 0.1) is 6.61 Å². The fourth-order valence-electron chi connectivity index (χ4n) is 3.62. The Morgan fingerprint density at radius 3 is 2.53 bits per heavy atom. The standard InChI is InChI=1S/C22H29N3O6S/c1-22(2,3)31-21(26)25-8-6-15(7-9-25)13-29-20-23-11-17(12-24-20)16-4-5-19-18(10-16)30-14-32(19,27)28/h4-5,10-12,15,27-28H,6-9,13-14H2,1-3H3. The first kappa shape index (κ1) is 22.6. The molecular weight excluding hydrogens is 434 g/mol. The Balaban J connectivity index is 1.28. The molecule has 1 fully saturated rings. The molecule has 0 saturated carbocycles. The van der Waals surface area contributed by atoms with Gasteiger partial charge in [0.1, 0.15) is 16.2 Å². The van der Waals surface area contributed by atoms with E-state index < -0.39 is 16.2 Å². The van der Waals surface area contributed by atoms with E-state index in [4.69, 9.17) is 14.2 Å². The smallest absolute Gasteiger partial charge is 0.410 e. The van der Waals surface area contributed by atoms with Crippen molar-refractivity contribution in [2.24, 2.45) is 5.92 Å². The van der Waals surface area contributed by atoms with E-state index in [0.29, 0.717) is 42.3 Å². The van der Waals surface area contributed by atoms with Crippen molar-refractivity contribution in [1.82, 2.24) is 14.9 Å². The molecule has 0 atom stereocenters. The molecule has 0 unspecified atom stereocenters. The summed E-state index contributed by atoms with van der Waals surface area (Å²) in [5, 5.41) is 0. The van der Waals surface area contributed by atoms with Gasteiger partial charge in [0, 0.05) is 31.0 Å². The van der Waals surface area contributed by atoms with Crippen LogP contribution in [0, 0.1) is 5.92 Å². The van der Waals surface area contributed by atoms with Crippen molar-refractivity contribution in [2.45, 2.75) is 44.1 Å². The summed E-state index contributed by atoms with van der Waals surface area (Å²) in [6.45, 7) is 7.38. The number of nitrogens with zero attached hydrogens (tertiary/aromatic N) is 3. The molecule has 174 valence electrons. The SMILES string of the molecule is CC(C)(C)OC(=O)N1CCC(COc2ncc(-c3ccc4c(c3)OCS4(O)O)cn2)CC1. The number of rotatable bonds is 4. The molecule has 2 aliphatic heterocycles. The van der Waals surface area contributed by atoms with Crippen LogP contribution in [-0.2, 0) is 4.74 Å². The minimum absolute atomic E-state index is 0.105. The predicted molar refractivity (Wildman–Crippen MR) is 120 cm³/mol. The van der Waals surface area contributed by atoms with Gasteiger partial charge in [-0.25, -0.2) is 14.8 Å². The van der Waals surface area contributed by atoms with Crippen molar-refractivity contribution in [3.63, 3.8) is 0 Å². The maximum atomic E-state index is 12.2. The Kier molecular flexibility index (Phi) is 6.19. The van der Waals surface area contributed by atoms with Gasteiger partial charge in [-0.2, -0.15) is 0 Å². The summed E-state index contributed by atoms with van der Waals surface area (Å²) in [4.78, 5) is 22.9. The second-order valence-corrected chi connectivity index (χ2v) is 11.1. The van der Waals surface area contributed by atoms with Crippen LogP contribution >= 0.6 is 10.6 Å². The van der Waals surface area contributed by atoms with Gasteiger partial charge in [-0.3, -0.25) is 9.11 Å². The van der Waals surface area contributed by atoms with Crippen LogP contribution in [0.1, 0.15) is 33.6 Å². The molecular formula is C22H29N3O6S. The van der Waals surface area contributed by atoms with Gasteiger partial charge in [-0.05, 0) is 57.2 Å². The molecule has 3 heterocycles. The third-order valence-electron chi connectivity index (χ3n) is 5.35. The Morgan fingerprint density at radius 1 is 1.19 bits per heavy atom. The number of benzene rings is 1. The highest BCUT2D eigenvalue weighted by Crippen LogP contribution is 2.57. The molecule has 0 spiro atoms. The van der Waals surface area contributed by atoms with Crippen LogP contribution in [0.4, 0.5) is 4.79 Å². The van der Waals surface area contributed by atoms with Crippen LogP contribution in [0.5, 0.6) is 11.8 Å². The number of aromatic nitrogens is 2. The molecule has 1 aromatic heterocycles. The summed E-state index contributed by atoms with van der Waals surface area (Å²) >= 11 is 0. The van der Waals surface area contributed by atoms with Crippen LogP contribution in [0.3, 0.4) is 0 Å². The molecule has 1 amide bonds. The lowest BCUT2D eigenvalue weighted by molar-refractivity contribution is 0.0163. The van der Waals surface area contributed by atoms with Gasteiger partial charge in [0.15, 0.2) is 5.94 Å². The molecule has 0 radical (unpaired) electrons. The van der Waals surface area contributed by atoms with Gasteiger partial charge in [0.25, 0.3) is 0 Å². The third kappa shape index (κ3) is 5.25. The normalized spacial score (nSPS) is 19.1. The molecule has 2 aliphatic rings. The monoisotopic (exact) mass is 463 g/mol. The first-order valence-electron chi connectivity index (χ1n) is 10.6. The highest BCUT2D eigenvalue weighted by atomic mass is 32.3. The number of fused-ring (bicyclic) bond motifs is 1. The molecule has 2 aromatic rings. The second kappa shape index (κ2) is 8.76. The topological polar surface area (TPSA) is 114 Å². The number of hydrogen-bond donors (Lipinski definition) is 2. The van der Waals surface area contributed by atoms with Crippen molar-refractivity contribution in [2.75, 3.05) is 25.6 Å². The molecule has 0 bridgehead atoms. The number of likely N-dealkylation sites (tertiary alicyclic amines) is 1. The molecule has 4 rings (SSSR count). The van der Waals surface area contributed by atoms with Crippen LogP contribution in [0.2, 0.25) is 0 Å². The minimum atomic E-state index is -2.85. The summed E-state index contributed by atoms with van der Waals surface area (Å²) in [6, 6.07) is 5.52. The van der Waals surface area contributed by atoms with E-state index >= 15 is 0 Å². The van der Waals surface area contributed by atoms with Crippen molar-refractivity contribution < 1.29 is 28.1 Å². The summed E-state index contributed by atoms with van der Waals surface area (Å²) in [6.07, 6.45) is 4.75. The van der Waals surface area contributed by atoms with E-state index in [-0.39, 0.29) is 12.0 Å². The quantitative estimate of drug-likeness (QED) is 0.675. The fraction of sp³-hybridized carbons (Fsp3) is 0.500. The highest BCUT2D eigenvalue weighted by Gasteiger charge is 2.29. The number of hydrogen-bond acceptors (Lipinski definition) is 8. The average molecular weight is 464 g/mol. The maximum absolute atomic E-state index is 12.2. The van der Waals surface area contributed by atoms with E-state index in [9.17, 15) is 13.9 Å². The number of piperidine rings is 1. The van der Waals surface area contributed by atoms with E-state index in [1.807, 2.05) is 20.8 Å². The lowest BCUT2D eigenvalue weighted by atomic mass is 9.98. The van der Waals surface area contributed by atoms with E-state index in [2.05, 4.69) is 9.97 Å². The van der Waals surface area contributed by atoms with Crippen molar-refractivity contribution in [3.05, 3.63) is 30.6 Å². The summed E-state index contributed by atoms with van der Waals surface area (Å²) in [7, 11) is -2.85. The molecule has 32 heavy (non-hydrogen) atoms. The van der Waals surface area contributed by atoms with Gasteiger partial charge in [0.2, 0.25) is 0 Å². The van der Waals surface area contributed by atoms with Gasteiger partial charge in [-0.1, -0.05) is 6.07 Å². The average Bonchev–Trinajstić information content (AvgIpc) is 3.06. The van der Waals surface area contributed by atoms with Crippen molar-refractivity contribution in [3.8, 4) is 22.9 Å². The van der Waals surface area contributed by atoms with E-state index in [1.165, 1.54) is 0 Å². The van der Waals surface area contributed by atoms with Crippen LogP contribution in [0.15, 0.2) is 35.5 Å². The predicted octanol–water partition coefficient (Wildman–Crippen LogP) is 4.63. The van der Waals surface area contributed by atoms with Crippen LogP contribution < -0.4 is 9.47 Å². The molecule has 1 saturated heterocycles. The maximum Gasteiger partial charge on any atom is 0.410 e. The summed E-state index contributed by atoms with van der Waals surface area (Å²) in [5.41, 5.74) is 1.11. The number of ether oxygens (including phenoxy) is 3. The lowest BCUT2D eigenvalue weighted by Gasteiger charge is -2.33. The Morgan fingerprint density at radius 2 is 1.88 bits per heavy atom. The zero-order chi connectivity index (χ0) is 22.9. The first-order chi connectivity index (χ1) is 15.1. The molecule has 2 N–H and O–H groups in total. The zero-order valence-electron chi connectivity index (χ0n) is 18.5. The number of carbonyl (C=O) groups excluding carboxylic acids is 1. The highest BCUT2D eigenvalue weighted by molar-refractivity contribution is 8.24. The molecule has 10 heteroatoms. The Labute approximate surface area is 189 Å². The Hall–Kier alpha value is -2.56. The first-order valence-corrected chi connectivity index (χ1v) is 12.3. The second-order valence-electron chi connectivity index (χ2n) is 9.07. The van der Waals surface area contributed by atoms with Gasteiger partial charge >= 0.3 is 12.1 Å². The minimum Gasteiger partial charge on any atom is -0.471 e. The molecule has 0 aliphatic carbocycles. The molecule has 1 aromatic carbocycles. The van der Waals surface area contributed by atoms with Crippen LogP contribution in [-0.4, -0.2) is 61.3 Å². The third-order valence-corrected chi connectivity index (χ3v) is 6.84. The largest absolute Gasteiger partial charge is 0.471 e. The van der Waals surface area contributed by atoms with Crippen molar-refractivity contribution >= 4 is 16.7 Å². The Bertz CT molecular complexity index is 969. The van der Waals surface area contributed by atoms with Crippen LogP contribution in [0.25, 0.3) is 11.1 Å². The number of carbonyl (C=O) groups is 1.